The maximum absolute atomic E-state index is 11.5. The van der Waals surface area contributed by atoms with Gasteiger partial charge in [-0.2, -0.15) is 0 Å². The fraction of sp³-hybridized carbons (Fsp3) is 0.667. The van der Waals surface area contributed by atoms with Crippen molar-refractivity contribution in [2.24, 2.45) is 11.8 Å². The molecule has 1 saturated carbocycles. The summed E-state index contributed by atoms with van der Waals surface area (Å²) in [6, 6.07) is 0. The number of rotatable bonds is 2. The SMILES string of the molecule is C=CC(=O)OC1CCC2C(C)OC(=O)C2C1. The number of carbonyl (C=O) groups is 2. The molecular weight excluding hydrogens is 208 g/mol. The van der Waals surface area contributed by atoms with E-state index in [1.807, 2.05) is 6.92 Å². The van der Waals surface area contributed by atoms with Crippen LogP contribution in [0.4, 0.5) is 0 Å². The maximum Gasteiger partial charge on any atom is 0.330 e. The summed E-state index contributed by atoms with van der Waals surface area (Å²) in [5.41, 5.74) is 0. The molecular formula is C12H16O4. The van der Waals surface area contributed by atoms with Crippen LogP contribution in [0.1, 0.15) is 26.2 Å². The average Bonchev–Trinajstić information content (AvgIpc) is 2.54. The molecule has 0 bridgehead atoms. The number of hydrogen-bond acceptors (Lipinski definition) is 4. The van der Waals surface area contributed by atoms with Gasteiger partial charge in [-0.1, -0.05) is 6.58 Å². The minimum atomic E-state index is -0.414. The van der Waals surface area contributed by atoms with Gasteiger partial charge in [0.15, 0.2) is 0 Å². The van der Waals surface area contributed by atoms with Gasteiger partial charge in [-0.15, -0.1) is 0 Å². The summed E-state index contributed by atoms with van der Waals surface area (Å²) in [5, 5.41) is 0. The maximum atomic E-state index is 11.5. The molecule has 2 aliphatic rings. The number of ether oxygens (including phenoxy) is 2. The van der Waals surface area contributed by atoms with Crippen molar-refractivity contribution in [1.29, 1.82) is 0 Å². The molecule has 0 amide bonds. The Morgan fingerprint density at radius 3 is 3.00 bits per heavy atom. The quantitative estimate of drug-likeness (QED) is 0.526. The summed E-state index contributed by atoms with van der Waals surface area (Å²) in [4.78, 5) is 22.6. The van der Waals surface area contributed by atoms with E-state index in [0.29, 0.717) is 12.3 Å². The standard InChI is InChI=1S/C12H16O4/c1-3-11(13)16-8-4-5-9-7(2)15-12(14)10(9)6-8/h3,7-10H,1,4-6H2,2H3. The summed E-state index contributed by atoms with van der Waals surface area (Å²) in [5.74, 6) is -0.350. The van der Waals surface area contributed by atoms with Gasteiger partial charge < -0.3 is 9.47 Å². The Kier molecular flexibility index (Phi) is 2.99. The zero-order valence-electron chi connectivity index (χ0n) is 9.35. The first-order chi connectivity index (χ1) is 7.61. The van der Waals surface area contributed by atoms with Gasteiger partial charge in [0.25, 0.3) is 0 Å². The molecule has 1 heterocycles. The van der Waals surface area contributed by atoms with E-state index in [2.05, 4.69) is 6.58 Å². The summed E-state index contributed by atoms with van der Waals surface area (Å²) in [7, 11) is 0. The second-order valence-electron chi connectivity index (χ2n) is 4.49. The normalized spacial score (nSPS) is 37.4. The van der Waals surface area contributed by atoms with Crippen LogP contribution < -0.4 is 0 Å². The van der Waals surface area contributed by atoms with Crippen molar-refractivity contribution in [2.45, 2.75) is 38.4 Å². The van der Waals surface area contributed by atoms with Crippen molar-refractivity contribution in [2.75, 3.05) is 0 Å². The van der Waals surface area contributed by atoms with Crippen LogP contribution in [0, 0.1) is 11.8 Å². The van der Waals surface area contributed by atoms with E-state index < -0.39 is 5.97 Å². The smallest absolute Gasteiger partial charge is 0.330 e. The summed E-state index contributed by atoms with van der Waals surface area (Å²) < 4.78 is 10.4. The fourth-order valence-corrected chi connectivity index (χ4v) is 2.67. The van der Waals surface area contributed by atoms with Crippen molar-refractivity contribution in [3.8, 4) is 0 Å². The number of carbonyl (C=O) groups excluding carboxylic acids is 2. The second-order valence-corrected chi connectivity index (χ2v) is 4.49. The molecule has 0 aromatic rings. The van der Waals surface area contributed by atoms with E-state index in [9.17, 15) is 9.59 Å². The van der Waals surface area contributed by atoms with Gasteiger partial charge in [-0.3, -0.25) is 4.79 Å². The molecule has 1 saturated heterocycles. The van der Waals surface area contributed by atoms with E-state index in [1.54, 1.807) is 0 Å². The lowest BCUT2D eigenvalue weighted by Crippen LogP contribution is -2.32. The predicted molar refractivity (Wildman–Crippen MR) is 56.5 cm³/mol. The molecule has 4 nitrogen and oxygen atoms in total. The molecule has 0 N–H and O–H groups in total. The third-order valence-electron chi connectivity index (χ3n) is 3.51. The fourth-order valence-electron chi connectivity index (χ4n) is 2.67. The lowest BCUT2D eigenvalue weighted by Gasteiger charge is -2.29. The van der Waals surface area contributed by atoms with Crippen LogP contribution >= 0.6 is 0 Å². The summed E-state index contributed by atoms with van der Waals surface area (Å²) in [6.45, 7) is 5.28. The summed E-state index contributed by atoms with van der Waals surface area (Å²) in [6.07, 6.45) is 3.28. The zero-order valence-corrected chi connectivity index (χ0v) is 9.35. The van der Waals surface area contributed by atoms with Gasteiger partial charge in [0.05, 0.1) is 5.92 Å². The van der Waals surface area contributed by atoms with Crippen molar-refractivity contribution >= 4 is 11.9 Å². The molecule has 0 aromatic heterocycles. The first-order valence-electron chi connectivity index (χ1n) is 5.65. The van der Waals surface area contributed by atoms with E-state index in [-0.39, 0.29) is 24.1 Å². The van der Waals surface area contributed by atoms with Crippen LogP contribution in [0.2, 0.25) is 0 Å². The Morgan fingerprint density at radius 2 is 2.31 bits per heavy atom. The lowest BCUT2D eigenvalue weighted by molar-refractivity contribution is -0.150. The van der Waals surface area contributed by atoms with Crippen LogP contribution in [-0.4, -0.2) is 24.1 Å². The van der Waals surface area contributed by atoms with Crippen LogP contribution in [0.5, 0.6) is 0 Å². The lowest BCUT2D eigenvalue weighted by atomic mass is 9.77. The molecule has 0 aromatic carbocycles. The average molecular weight is 224 g/mol. The Hall–Kier alpha value is -1.32. The van der Waals surface area contributed by atoms with E-state index in [4.69, 9.17) is 9.47 Å². The Bertz CT molecular complexity index is 323. The van der Waals surface area contributed by atoms with Gasteiger partial charge in [0, 0.05) is 12.0 Å². The van der Waals surface area contributed by atoms with Crippen LogP contribution in [0.25, 0.3) is 0 Å². The topological polar surface area (TPSA) is 52.6 Å². The molecule has 1 aliphatic carbocycles. The van der Waals surface area contributed by atoms with Crippen molar-refractivity contribution in [1.82, 2.24) is 0 Å². The van der Waals surface area contributed by atoms with E-state index >= 15 is 0 Å². The van der Waals surface area contributed by atoms with Crippen molar-refractivity contribution in [3.63, 3.8) is 0 Å². The second kappa shape index (κ2) is 4.28. The summed E-state index contributed by atoms with van der Waals surface area (Å²) >= 11 is 0. The highest BCUT2D eigenvalue weighted by atomic mass is 16.6. The molecule has 0 spiro atoms. The van der Waals surface area contributed by atoms with Crippen LogP contribution in [0.15, 0.2) is 12.7 Å². The molecule has 2 fully saturated rings. The zero-order chi connectivity index (χ0) is 11.7. The monoisotopic (exact) mass is 224 g/mol. The Balaban J connectivity index is 1.97. The van der Waals surface area contributed by atoms with Gasteiger partial charge in [-0.25, -0.2) is 4.79 Å². The van der Waals surface area contributed by atoms with Crippen molar-refractivity contribution < 1.29 is 19.1 Å². The van der Waals surface area contributed by atoms with Crippen molar-refractivity contribution in [3.05, 3.63) is 12.7 Å². The highest BCUT2D eigenvalue weighted by Gasteiger charge is 2.46. The van der Waals surface area contributed by atoms with E-state index in [1.165, 1.54) is 0 Å². The van der Waals surface area contributed by atoms with Gasteiger partial charge in [0.2, 0.25) is 0 Å². The first-order valence-corrected chi connectivity index (χ1v) is 5.65. The molecule has 1 aliphatic heterocycles. The Labute approximate surface area is 94.6 Å². The Morgan fingerprint density at radius 1 is 1.56 bits per heavy atom. The molecule has 16 heavy (non-hydrogen) atoms. The number of fused-ring (bicyclic) bond motifs is 1. The minimum absolute atomic E-state index is 0.00792. The molecule has 4 heteroatoms. The highest BCUT2D eigenvalue weighted by molar-refractivity contribution is 5.81. The molecule has 88 valence electrons. The van der Waals surface area contributed by atoms with Gasteiger partial charge >= 0.3 is 11.9 Å². The molecule has 4 atom stereocenters. The van der Waals surface area contributed by atoms with Gasteiger partial charge in [0.1, 0.15) is 12.2 Å². The number of hydrogen-bond donors (Lipinski definition) is 0. The molecule has 2 rings (SSSR count). The first kappa shape index (κ1) is 11.2. The van der Waals surface area contributed by atoms with E-state index in [0.717, 1.165) is 18.9 Å². The third kappa shape index (κ3) is 1.96. The number of esters is 2. The number of cyclic esters (lactones) is 1. The predicted octanol–water partition coefficient (Wildman–Crippen LogP) is 1.45. The van der Waals surface area contributed by atoms with Crippen LogP contribution in [-0.2, 0) is 19.1 Å². The third-order valence-corrected chi connectivity index (χ3v) is 3.51. The molecule has 0 radical (unpaired) electrons. The molecule has 4 unspecified atom stereocenters. The van der Waals surface area contributed by atoms with Crippen LogP contribution in [0.3, 0.4) is 0 Å². The minimum Gasteiger partial charge on any atom is -0.462 e. The largest absolute Gasteiger partial charge is 0.462 e. The highest BCUT2D eigenvalue weighted by Crippen LogP contribution is 2.40. The van der Waals surface area contributed by atoms with Gasteiger partial charge in [-0.05, 0) is 26.2 Å².